The molecule has 1 unspecified atom stereocenters. The van der Waals surface area contributed by atoms with Crippen molar-refractivity contribution < 1.29 is 14.3 Å². The third-order valence-corrected chi connectivity index (χ3v) is 3.90. The average Bonchev–Trinajstić information content (AvgIpc) is 2.55. The van der Waals surface area contributed by atoms with Crippen LogP contribution in [0.2, 0.25) is 0 Å². The summed E-state index contributed by atoms with van der Waals surface area (Å²) in [5.41, 5.74) is 8.19. The van der Waals surface area contributed by atoms with Crippen LogP contribution in [0.1, 0.15) is 38.8 Å². The lowest BCUT2D eigenvalue weighted by Crippen LogP contribution is -2.34. The molecule has 0 heterocycles. The fourth-order valence-electron chi connectivity index (χ4n) is 2.48. The predicted octanol–water partition coefficient (Wildman–Crippen LogP) is 4.21. The fourth-order valence-corrected chi connectivity index (χ4v) is 2.48. The SMILES string of the molecule is CCOC(=O)C(N)Cc1cccc(Oc2ccc(C(C)(C)C)cc2)c1. The van der Waals surface area contributed by atoms with Crippen LogP contribution in [0.3, 0.4) is 0 Å². The smallest absolute Gasteiger partial charge is 0.323 e. The molecule has 0 aliphatic rings. The van der Waals surface area contributed by atoms with Gasteiger partial charge in [0, 0.05) is 0 Å². The molecule has 134 valence electrons. The highest BCUT2D eigenvalue weighted by atomic mass is 16.5. The number of rotatable bonds is 6. The van der Waals surface area contributed by atoms with Gasteiger partial charge in [-0.25, -0.2) is 0 Å². The van der Waals surface area contributed by atoms with E-state index in [-0.39, 0.29) is 11.4 Å². The molecule has 2 aromatic rings. The lowest BCUT2D eigenvalue weighted by molar-refractivity contribution is -0.144. The number of esters is 1. The Hall–Kier alpha value is -2.33. The molecule has 25 heavy (non-hydrogen) atoms. The maximum absolute atomic E-state index is 11.7. The predicted molar refractivity (Wildman–Crippen MR) is 100.0 cm³/mol. The van der Waals surface area contributed by atoms with Crippen molar-refractivity contribution in [2.24, 2.45) is 5.73 Å². The van der Waals surface area contributed by atoms with Crippen molar-refractivity contribution in [3.8, 4) is 11.5 Å². The number of ether oxygens (including phenoxy) is 2. The van der Waals surface area contributed by atoms with Gasteiger partial charge in [-0.2, -0.15) is 0 Å². The van der Waals surface area contributed by atoms with Crippen LogP contribution in [0, 0.1) is 0 Å². The summed E-state index contributed by atoms with van der Waals surface area (Å²) in [5, 5.41) is 0. The minimum atomic E-state index is -0.665. The van der Waals surface area contributed by atoms with Crippen molar-refractivity contribution in [3.05, 3.63) is 59.7 Å². The van der Waals surface area contributed by atoms with Crippen LogP contribution in [0.15, 0.2) is 48.5 Å². The Morgan fingerprint density at radius 2 is 1.76 bits per heavy atom. The van der Waals surface area contributed by atoms with E-state index < -0.39 is 6.04 Å². The molecule has 0 aliphatic heterocycles. The van der Waals surface area contributed by atoms with Gasteiger partial charge in [-0.05, 0) is 54.2 Å². The molecule has 0 aromatic heterocycles. The number of nitrogens with two attached hydrogens (primary N) is 1. The van der Waals surface area contributed by atoms with Crippen LogP contribution in [-0.4, -0.2) is 18.6 Å². The Kier molecular flexibility index (Phi) is 6.21. The zero-order valence-corrected chi connectivity index (χ0v) is 15.4. The number of carbonyl (C=O) groups is 1. The molecule has 0 aliphatic carbocycles. The van der Waals surface area contributed by atoms with Crippen molar-refractivity contribution in [1.29, 1.82) is 0 Å². The van der Waals surface area contributed by atoms with Gasteiger partial charge in [0.05, 0.1) is 6.61 Å². The van der Waals surface area contributed by atoms with E-state index >= 15 is 0 Å². The van der Waals surface area contributed by atoms with Crippen LogP contribution in [0.5, 0.6) is 11.5 Å². The van der Waals surface area contributed by atoms with Crippen LogP contribution in [0.25, 0.3) is 0 Å². The number of hydrogen-bond donors (Lipinski definition) is 1. The van der Waals surface area contributed by atoms with Gasteiger partial charge < -0.3 is 15.2 Å². The summed E-state index contributed by atoms with van der Waals surface area (Å²) in [6.45, 7) is 8.64. The van der Waals surface area contributed by atoms with Crippen LogP contribution in [0.4, 0.5) is 0 Å². The number of benzene rings is 2. The maximum Gasteiger partial charge on any atom is 0.323 e. The minimum Gasteiger partial charge on any atom is -0.465 e. The first-order valence-corrected chi connectivity index (χ1v) is 8.59. The molecule has 2 N–H and O–H groups in total. The molecule has 0 spiro atoms. The third kappa shape index (κ3) is 5.61. The van der Waals surface area contributed by atoms with Gasteiger partial charge in [0.15, 0.2) is 0 Å². The highest BCUT2D eigenvalue weighted by Crippen LogP contribution is 2.27. The third-order valence-electron chi connectivity index (χ3n) is 3.90. The zero-order chi connectivity index (χ0) is 18.4. The van der Waals surface area contributed by atoms with E-state index in [1.165, 1.54) is 5.56 Å². The molecule has 4 nitrogen and oxygen atoms in total. The Balaban J connectivity index is 2.05. The van der Waals surface area contributed by atoms with Crippen LogP contribution < -0.4 is 10.5 Å². The van der Waals surface area contributed by atoms with Crippen molar-refractivity contribution in [2.45, 2.75) is 45.6 Å². The van der Waals surface area contributed by atoms with E-state index in [0.29, 0.717) is 13.0 Å². The molecule has 0 amide bonds. The molecule has 0 bridgehead atoms. The number of hydrogen-bond acceptors (Lipinski definition) is 4. The standard InChI is InChI=1S/C21H27NO3/c1-5-24-20(23)19(22)14-15-7-6-8-18(13-15)25-17-11-9-16(10-12-17)21(2,3)4/h6-13,19H,5,14,22H2,1-4H3. The van der Waals surface area contributed by atoms with Crippen molar-refractivity contribution >= 4 is 5.97 Å². The lowest BCUT2D eigenvalue weighted by atomic mass is 9.87. The second-order valence-corrected chi connectivity index (χ2v) is 7.09. The van der Waals surface area contributed by atoms with Crippen LogP contribution >= 0.6 is 0 Å². The zero-order valence-electron chi connectivity index (χ0n) is 15.4. The summed E-state index contributed by atoms with van der Waals surface area (Å²) >= 11 is 0. The molecule has 0 radical (unpaired) electrons. The molecule has 4 heteroatoms. The Bertz CT molecular complexity index is 702. The molecular weight excluding hydrogens is 314 g/mol. The normalized spacial score (nSPS) is 12.5. The molecule has 0 fully saturated rings. The van der Waals surface area contributed by atoms with Crippen LogP contribution in [-0.2, 0) is 21.4 Å². The monoisotopic (exact) mass is 341 g/mol. The molecular formula is C21H27NO3. The van der Waals surface area contributed by atoms with Gasteiger partial charge >= 0.3 is 5.97 Å². The highest BCUT2D eigenvalue weighted by molar-refractivity contribution is 5.75. The molecule has 0 saturated carbocycles. The van der Waals surface area contributed by atoms with E-state index in [0.717, 1.165) is 17.1 Å². The van der Waals surface area contributed by atoms with Gasteiger partial charge in [-0.1, -0.05) is 45.0 Å². The van der Waals surface area contributed by atoms with Gasteiger partial charge in [0.25, 0.3) is 0 Å². The van der Waals surface area contributed by atoms with Gasteiger partial charge in [0.1, 0.15) is 17.5 Å². The maximum atomic E-state index is 11.7. The Morgan fingerprint density at radius 1 is 1.08 bits per heavy atom. The molecule has 2 rings (SSSR count). The second kappa shape index (κ2) is 8.17. The largest absolute Gasteiger partial charge is 0.465 e. The first-order chi connectivity index (χ1) is 11.8. The summed E-state index contributed by atoms with van der Waals surface area (Å²) in [4.78, 5) is 11.7. The van der Waals surface area contributed by atoms with Gasteiger partial charge in [-0.15, -0.1) is 0 Å². The minimum absolute atomic E-state index is 0.113. The van der Waals surface area contributed by atoms with E-state index in [4.69, 9.17) is 15.2 Å². The van der Waals surface area contributed by atoms with E-state index in [1.807, 2.05) is 36.4 Å². The van der Waals surface area contributed by atoms with Gasteiger partial charge in [-0.3, -0.25) is 4.79 Å². The first kappa shape index (κ1) is 19.0. The summed E-state index contributed by atoms with van der Waals surface area (Å²) in [6.07, 6.45) is 0.416. The number of carbonyl (C=O) groups excluding carboxylic acids is 1. The molecule has 1 atom stereocenters. The van der Waals surface area contributed by atoms with Gasteiger partial charge in [0.2, 0.25) is 0 Å². The van der Waals surface area contributed by atoms with E-state index in [2.05, 4.69) is 32.9 Å². The summed E-state index contributed by atoms with van der Waals surface area (Å²) in [6, 6.07) is 15.0. The van der Waals surface area contributed by atoms with Crippen molar-refractivity contribution in [2.75, 3.05) is 6.61 Å². The topological polar surface area (TPSA) is 61.5 Å². The lowest BCUT2D eigenvalue weighted by Gasteiger charge is -2.19. The quantitative estimate of drug-likeness (QED) is 0.800. The highest BCUT2D eigenvalue weighted by Gasteiger charge is 2.16. The molecule has 2 aromatic carbocycles. The van der Waals surface area contributed by atoms with Crippen molar-refractivity contribution in [3.63, 3.8) is 0 Å². The first-order valence-electron chi connectivity index (χ1n) is 8.59. The summed E-state index contributed by atoms with van der Waals surface area (Å²) in [7, 11) is 0. The summed E-state index contributed by atoms with van der Waals surface area (Å²) in [5.74, 6) is 1.11. The fraction of sp³-hybridized carbons (Fsp3) is 0.381. The van der Waals surface area contributed by atoms with E-state index in [1.54, 1.807) is 6.92 Å². The average molecular weight is 341 g/mol. The Morgan fingerprint density at radius 3 is 2.36 bits per heavy atom. The second-order valence-electron chi connectivity index (χ2n) is 7.09. The summed E-state index contributed by atoms with van der Waals surface area (Å²) < 4.78 is 10.9. The van der Waals surface area contributed by atoms with Crippen molar-refractivity contribution in [1.82, 2.24) is 0 Å². The van der Waals surface area contributed by atoms with E-state index in [9.17, 15) is 4.79 Å². The molecule has 0 saturated heterocycles. The Labute approximate surface area is 150 Å².